The summed E-state index contributed by atoms with van der Waals surface area (Å²) < 4.78 is 92.3. The fraction of sp³-hybridized carbons (Fsp3) is 0.469. The van der Waals surface area contributed by atoms with E-state index >= 15 is 8.78 Å². The van der Waals surface area contributed by atoms with Gasteiger partial charge in [-0.3, -0.25) is 9.59 Å². The number of rotatable bonds is 5. The highest BCUT2D eigenvalue weighted by Gasteiger charge is 2.29. The Morgan fingerprint density at radius 2 is 1.03 bits per heavy atom. The molecular formula is C49H65ClF6N4O2. The highest BCUT2D eigenvalue weighted by atomic mass is 35.5. The monoisotopic (exact) mass is 891 g/mol. The number of halogens is 7. The van der Waals surface area contributed by atoms with Crippen molar-refractivity contribution in [3.8, 4) is 0 Å². The molecule has 1 amide bonds. The number of anilines is 4. The van der Waals surface area contributed by atoms with Gasteiger partial charge in [0.25, 0.3) is 0 Å². The predicted molar refractivity (Wildman–Crippen MR) is 244 cm³/mol. The van der Waals surface area contributed by atoms with Crippen molar-refractivity contribution in [3.63, 3.8) is 0 Å². The van der Waals surface area contributed by atoms with E-state index in [0.717, 1.165) is 22.3 Å². The number of carbonyl (C=O) groups is 2. The van der Waals surface area contributed by atoms with Gasteiger partial charge in [0.2, 0.25) is 11.1 Å². The van der Waals surface area contributed by atoms with E-state index in [-0.39, 0.29) is 92.5 Å². The zero-order valence-electron chi connectivity index (χ0n) is 38.3. The largest absolute Gasteiger partial charge is 0.398 e. The van der Waals surface area contributed by atoms with Crippen molar-refractivity contribution < 1.29 is 37.3 Å². The van der Waals surface area contributed by atoms with Crippen molar-refractivity contribution in [2.75, 3.05) is 33.9 Å². The molecule has 6 nitrogen and oxygen atoms in total. The molecule has 13 heteroatoms. The molecule has 0 saturated carbocycles. The number of nitrogen functional groups attached to an aromatic ring is 1. The highest BCUT2D eigenvalue weighted by molar-refractivity contribution is 6.63. The van der Waals surface area contributed by atoms with E-state index < -0.39 is 23.3 Å². The molecular weight excluding hydrogens is 826 g/mol. The van der Waals surface area contributed by atoms with Crippen LogP contribution in [0.2, 0.25) is 0 Å². The summed E-state index contributed by atoms with van der Waals surface area (Å²) in [5.74, 6) is -3.46. The third kappa shape index (κ3) is 13.6. The Morgan fingerprint density at radius 1 is 0.677 bits per heavy atom. The maximum atomic E-state index is 15.2. The van der Waals surface area contributed by atoms with Crippen LogP contribution in [0.25, 0.3) is 0 Å². The van der Waals surface area contributed by atoms with E-state index in [9.17, 15) is 27.2 Å². The molecule has 4 aromatic carbocycles. The van der Waals surface area contributed by atoms with E-state index in [1.807, 2.05) is 41.5 Å². The standard InChI is InChI=1S/C23H27F3N2O.C17H17F3N2.C6H11ClO.C2H6.CH4/c1-13-19(25)22(28-9-8-15-10-17(24)7-6-16(15)12-28)20(26)14(2)21(13)27-18(29)11-23(3,4)5;1-9-14(19)17(15(20)10(2)16(9)21)22-6-5-11-7-13(18)4-3-12(11)8-22;1-6(2,3)4-5(7)8;1-2;/h6-7,10H,8-9,11-12H2,1-5H3,(H,27,29);3-4,7H,5-6,8,21H2,1-2H3;4H2,1-3H3;1-2H3;1H4/i;;;1D;. The van der Waals surface area contributed by atoms with Crippen molar-refractivity contribution >= 4 is 45.5 Å². The lowest BCUT2D eigenvalue weighted by Crippen LogP contribution is -2.32. The molecule has 0 fully saturated rings. The van der Waals surface area contributed by atoms with Crippen LogP contribution in [-0.2, 0) is 35.5 Å². The zero-order valence-corrected chi connectivity index (χ0v) is 38.0. The van der Waals surface area contributed by atoms with Crippen LogP contribution in [0.1, 0.15) is 122 Å². The van der Waals surface area contributed by atoms with E-state index in [4.69, 9.17) is 18.7 Å². The molecule has 2 aliphatic rings. The topological polar surface area (TPSA) is 78.7 Å². The van der Waals surface area contributed by atoms with Crippen LogP contribution < -0.4 is 20.9 Å². The molecule has 0 aromatic heterocycles. The number of carbonyl (C=O) groups excluding carboxylic acids is 2. The number of benzene rings is 4. The van der Waals surface area contributed by atoms with Crippen LogP contribution in [0.3, 0.4) is 0 Å². The minimum atomic E-state index is -0.676. The molecule has 6 rings (SSSR count). The quantitative estimate of drug-likeness (QED) is 0.119. The Morgan fingerprint density at radius 3 is 1.35 bits per heavy atom. The summed E-state index contributed by atoms with van der Waals surface area (Å²) >= 11 is 5.12. The van der Waals surface area contributed by atoms with Crippen molar-refractivity contribution in [3.05, 3.63) is 116 Å². The summed E-state index contributed by atoms with van der Waals surface area (Å²) in [6.45, 7) is 21.7. The normalized spacial score (nSPS) is 13.4. The fourth-order valence-corrected chi connectivity index (χ4v) is 7.57. The van der Waals surface area contributed by atoms with Gasteiger partial charge < -0.3 is 20.9 Å². The van der Waals surface area contributed by atoms with Gasteiger partial charge in [-0.25, -0.2) is 26.3 Å². The molecule has 4 aromatic rings. The van der Waals surface area contributed by atoms with Gasteiger partial charge in [0.15, 0.2) is 23.3 Å². The van der Waals surface area contributed by atoms with E-state index in [2.05, 4.69) is 5.32 Å². The van der Waals surface area contributed by atoms with Gasteiger partial charge in [0.1, 0.15) is 23.0 Å². The van der Waals surface area contributed by atoms with Gasteiger partial charge >= 0.3 is 0 Å². The fourth-order valence-electron chi connectivity index (χ4n) is 7.17. The highest BCUT2D eigenvalue weighted by Crippen LogP contribution is 2.38. The van der Waals surface area contributed by atoms with E-state index in [1.54, 1.807) is 56.6 Å². The number of nitrogens with zero attached hydrogens (tertiary/aromatic N) is 2. The molecule has 62 heavy (non-hydrogen) atoms. The third-order valence-corrected chi connectivity index (χ3v) is 10.5. The number of amides is 1. The summed E-state index contributed by atoms with van der Waals surface area (Å²) in [5.41, 5.74) is 10.2. The smallest absolute Gasteiger partial charge is 0.224 e. The zero-order chi connectivity index (χ0) is 47.0. The predicted octanol–water partition coefficient (Wildman–Crippen LogP) is 13.4. The Kier molecular flexibility index (Phi) is 18.4. The van der Waals surface area contributed by atoms with Crippen molar-refractivity contribution in [1.82, 2.24) is 0 Å². The van der Waals surface area contributed by atoms with Gasteiger partial charge in [-0.05, 0) is 109 Å². The van der Waals surface area contributed by atoms with Gasteiger partial charge in [0.05, 0.1) is 5.69 Å². The second-order valence-electron chi connectivity index (χ2n) is 17.8. The maximum absolute atomic E-state index is 15.2. The van der Waals surface area contributed by atoms with Crippen LogP contribution in [0.5, 0.6) is 0 Å². The summed E-state index contributed by atoms with van der Waals surface area (Å²) in [6.07, 6.45) is 1.76. The molecule has 0 aliphatic carbocycles. The number of fused-ring (bicyclic) bond motifs is 2. The SMILES string of the molecule is C.CC(C)(C)CC(=O)Cl.Cc1c(F)c(N2CCc3cc(F)ccc3C2)c(F)c(C)c1NC(=O)CC(C)(C)C.Cc1c(N)c(C)c(F)c(N2CCc3cc(F)ccc3C2)c1F.[2H]CC. The van der Waals surface area contributed by atoms with Crippen molar-refractivity contribution in [1.29, 1.82) is 0 Å². The van der Waals surface area contributed by atoms with Crippen molar-refractivity contribution in [2.45, 2.75) is 129 Å². The van der Waals surface area contributed by atoms with Crippen LogP contribution in [0.15, 0.2) is 36.4 Å². The molecule has 0 atom stereocenters. The lowest BCUT2D eigenvalue weighted by molar-refractivity contribution is -0.118. The number of hydrogen-bond acceptors (Lipinski definition) is 5. The van der Waals surface area contributed by atoms with Crippen LogP contribution >= 0.6 is 11.6 Å². The van der Waals surface area contributed by atoms with E-state index in [0.29, 0.717) is 52.3 Å². The summed E-state index contributed by atoms with van der Waals surface area (Å²) in [5, 5.41) is 2.44. The number of nitrogens with two attached hydrogens (primary N) is 1. The average Bonchev–Trinajstić information content (AvgIpc) is 3.16. The first-order valence-electron chi connectivity index (χ1n) is 21.0. The molecule has 342 valence electrons. The first kappa shape index (κ1) is 51.6. The Hall–Kier alpha value is -4.71. The second kappa shape index (κ2) is 22.1. The number of nitrogens with one attached hydrogen (secondary N) is 1. The van der Waals surface area contributed by atoms with Crippen LogP contribution in [-0.4, -0.2) is 24.2 Å². The van der Waals surface area contributed by atoms with Gasteiger partial charge in [0, 0.05) is 68.3 Å². The molecule has 0 radical (unpaired) electrons. The third-order valence-electron chi connectivity index (χ3n) is 10.3. The molecule has 0 unspecified atom stereocenters. The Balaban J connectivity index is 0.000000354. The molecule has 0 saturated heterocycles. The first-order chi connectivity index (χ1) is 28.7. The van der Waals surface area contributed by atoms with Gasteiger partial charge in [-0.1, -0.05) is 74.9 Å². The van der Waals surface area contributed by atoms with Crippen molar-refractivity contribution in [2.24, 2.45) is 10.8 Å². The summed E-state index contributed by atoms with van der Waals surface area (Å²) in [6, 6.07) is 9.02. The van der Waals surface area contributed by atoms with Gasteiger partial charge in [-0.2, -0.15) is 0 Å². The first-order valence-corrected chi connectivity index (χ1v) is 20.6. The minimum absolute atomic E-state index is 0. The minimum Gasteiger partial charge on any atom is -0.398 e. The lowest BCUT2D eigenvalue weighted by Gasteiger charge is -2.32. The van der Waals surface area contributed by atoms with Crippen LogP contribution in [0, 0.1) is 73.4 Å². The molecule has 0 spiro atoms. The Labute approximate surface area is 371 Å². The molecule has 3 N–H and O–H groups in total. The summed E-state index contributed by atoms with van der Waals surface area (Å²) in [4.78, 5) is 25.8. The summed E-state index contributed by atoms with van der Waals surface area (Å²) in [7, 11) is 0. The molecule has 2 aliphatic heterocycles. The average molecular weight is 893 g/mol. The van der Waals surface area contributed by atoms with E-state index in [1.165, 1.54) is 24.3 Å². The van der Waals surface area contributed by atoms with Gasteiger partial charge in [-0.15, -0.1) is 0 Å². The maximum Gasteiger partial charge on any atom is 0.224 e. The Bertz CT molecular complexity index is 2200. The second-order valence-corrected chi connectivity index (χ2v) is 18.2. The molecule has 0 bridgehead atoms. The lowest BCUT2D eigenvalue weighted by atomic mass is 9.91. The molecule has 2 heterocycles. The number of hydrogen-bond donors (Lipinski definition) is 2. The van der Waals surface area contributed by atoms with Crippen LogP contribution in [0.4, 0.5) is 49.1 Å².